The van der Waals surface area contributed by atoms with E-state index in [1.165, 1.54) is 5.41 Å². The van der Waals surface area contributed by atoms with Crippen molar-refractivity contribution in [3.63, 3.8) is 0 Å². The van der Waals surface area contributed by atoms with Crippen molar-refractivity contribution in [1.29, 1.82) is 0 Å². The zero-order chi connectivity index (χ0) is 13.9. The lowest BCUT2D eigenvalue weighted by Gasteiger charge is -2.16. The Morgan fingerprint density at radius 2 is 2.21 bits per heavy atom. The van der Waals surface area contributed by atoms with Gasteiger partial charge in [0.1, 0.15) is 0 Å². The van der Waals surface area contributed by atoms with Crippen LogP contribution in [0.15, 0.2) is 17.7 Å². The molecule has 1 atom stereocenters. The van der Waals surface area contributed by atoms with E-state index in [4.69, 9.17) is 0 Å². The van der Waals surface area contributed by atoms with Crippen LogP contribution in [0, 0.1) is 0 Å². The van der Waals surface area contributed by atoms with Crippen molar-refractivity contribution in [2.75, 3.05) is 23.7 Å². The maximum absolute atomic E-state index is 11.3. The number of rotatable bonds is 6. The molecule has 2 heterocycles. The van der Waals surface area contributed by atoms with Crippen LogP contribution in [0.4, 0.5) is 5.13 Å². The minimum absolute atomic E-state index is 0.0796. The summed E-state index contributed by atoms with van der Waals surface area (Å²) in [4.78, 5) is 7.73. The quantitative estimate of drug-likeness (QED) is 0.860. The van der Waals surface area contributed by atoms with Gasteiger partial charge in [0, 0.05) is 42.2 Å². The van der Waals surface area contributed by atoms with E-state index in [1.54, 1.807) is 17.4 Å². The number of nitrogens with one attached hydrogen (secondary N) is 1. The summed E-state index contributed by atoms with van der Waals surface area (Å²) in [6, 6.07) is -0.0796. The third kappa shape index (κ3) is 3.77. The standard InChI is InChI=1S/C12H19N3O2S2/c1-3-15(4-2)12-14-8-11(18-12)7-13-10-5-6-19(16,17)9-10/h5-6,8,10,13H,3-4,7,9H2,1-2H3. The maximum atomic E-state index is 11.3. The molecule has 0 spiro atoms. The average Bonchev–Trinajstić information content (AvgIpc) is 2.95. The van der Waals surface area contributed by atoms with Crippen molar-refractivity contribution >= 4 is 26.3 Å². The number of aromatic nitrogens is 1. The molecule has 0 saturated heterocycles. The van der Waals surface area contributed by atoms with E-state index in [0.717, 1.165) is 23.1 Å². The molecule has 5 nitrogen and oxygen atoms in total. The number of hydrogen-bond donors (Lipinski definition) is 1. The number of sulfone groups is 1. The van der Waals surface area contributed by atoms with Gasteiger partial charge in [-0.25, -0.2) is 13.4 Å². The highest BCUT2D eigenvalue weighted by atomic mass is 32.2. The summed E-state index contributed by atoms with van der Waals surface area (Å²) >= 11 is 1.65. The first kappa shape index (κ1) is 14.5. The van der Waals surface area contributed by atoms with E-state index in [9.17, 15) is 8.42 Å². The van der Waals surface area contributed by atoms with Gasteiger partial charge in [-0.05, 0) is 13.8 Å². The Hall–Kier alpha value is -0.920. The van der Waals surface area contributed by atoms with Crippen LogP contribution in [-0.2, 0) is 16.4 Å². The van der Waals surface area contributed by atoms with Crippen LogP contribution in [0.3, 0.4) is 0 Å². The molecule has 2 rings (SSSR count). The highest BCUT2D eigenvalue weighted by Crippen LogP contribution is 2.22. The van der Waals surface area contributed by atoms with Crippen molar-refractivity contribution in [3.05, 3.63) is 22.6 Å². The van der Waals surface area contributed by atoms with Crippen LogP contribution >= 0.6 is 11.3 Å². The first-order chi connectivity index (χ1) is 9.04. The molecule has 1 aliphatic rings. The molecule has 0 aliphatic carbocycles. The van der Waals surface area contributed by atoms with Crippen LogP contribution < -0.4 is 10.2 Å². The smallest absolute Gasteiger partial charge is 0.185 e. The van der Waals surface area contributed by atoms with Crippen LogP contribution in [0.2, 0.25) is 0 Å². The Morgan fingerprint density at radius 3 is 2.79 bits per heavy atom. The number of hydrogen-bond acceptors (Lipinski definition) is 6. The normalized spacial score (nSPS) is 20.8. The van der Waals surface area contributed by atoms with Crippen molar-refractivity contribution in [2.45, 2.75) is 26.4 Å². The summed E-state index contributed by atoms with van der Waals surface area (Å²) in [7, 11) is -2.98. The molecule has 0 saturated carbocycles. The molecule has 1 aromatic heterocycles. The lowest BCUT2D eigenvalue weighted by molar-refractivity contribution is 0.591. The fourth-order valence-electron chi connectivity index (χ4n) is 1.95. The minimum Gasteiger partial charge on any atom is -0.349 e. The molecular weight excluding hydrogens is 282 g/mol. The molecule has 7 heteroatoms. The molecule has 0 amide bonds. The number of anilines is 1. The molecule has 1 aromatic rings. The minimum atomic E-state index is -2.98. The number of nitrogens with zero attached hydrogens (tertiary/aromatic N) is 2. The van der Waals surface area contributed by atoms with Gasteiger partial charge in [-0.2, -0.15) is 0 Å². The summed E-state index contributed by atoms with van der Waals surface area (Å²) in [6.45, 7) is 6.76. The summed E-state index contributed by atoms with van der Waals surface area (Å²) in [6.07, 6.45) is 3.57. The summed E-state index contributed by atoms with van der Waals surface area (Å²) < 4.78 is 22.6. The van der Waals surface area contributed by atoms with E-state index in [0.29, 0.717) is 6.54 Å². The van der Waals surface area contributed by atoms with Gasteiger partial charge in [-0.1, -0.05) is 6.08 Å². The lowest BCUT2D eigenvalue weighted by Crippen LogP contribution is -2.29. The third-order valence-electron chi connectivity index (χ3n) is 3.04. The zero-order valence-electron chi connectivity index (χ0n) is 11.2. The second-order valence-electron chi connectivity index (χ2n) is 4.43. The molecule has 1 unspecified atom stereocenters. The number of thiazole rings is 1. The van der Waals surface area contributed by atoms with Crippen molar-refractivity contribution in [1.82, 2.24) is 10.3 Å². The predicted molar refractivity (Wildman–Crippen MR) is 79.2 cm³/mol. The van der Waals surface area contributed by atoms with Gasteiger partial charge in [-0.3, -0.25) is 0 Å². The fraction of sp³-hybridized carbons (Fsp3) is 0.583. The SMILES string of the molecule is CCN(CC)c1ncc(CNC2C=CS(=O)(=O)C2)s1. The van der Waals surface area contributed by atoms with Gasteiger partial charge in [0.25, 0.3) is 0 Å². The van der Waals surface area contributed by atoms with Crippen LogP contribution in [0.1, 0.15) is 18.7 Å². The van der Waals surface area contributed by atoms with Crippen LogP contribution in [0.25, 0.3) is 0 Å². The van der Waals surface area contributed by atoms with Crippen molar-refractivity contribution < 1.29 is 8.42 Å². The molecule has 0 bridgehead atoms. The van der Waals surface area contributed by atoms with Crippen LogP contribution in [-0.4, -0.2) is 38.3 Å². The summed E-state index contributed by atoms with van der Waals surface area (Å²) in [5.74, 6) is 0.161. The molecule has 1 aliphatic heterocycles. The molecule has 0 fully saturated rings. The topological polar surface area (TPSA) is 62.3 Å². The first-order valence-electron chi connectivity index (χ1n) is 6.38. The summed E-state index contributed by atoms with van der Waals surface area (Å²) in [5.41, 5.74) is 0. The molecule has 0 radical (unpaired) electrons. The molecule has 19 heavy (non-hydrogen) atoms. The van der Waals surface area contributed by atoms with E-state index < -0.39 is 9.84 Å². The Balaban J connectivity index is 1.89. The predicted octanol–water partition coefficient (Wildman–Crippen LogP) is 1.39. The van der Waals surface area contributed by atoms with Gasteiger partial charge in [0.05, 0.1) is 5.75 Å². The first-order valence-corrected chi connectivity index (χ1v) is 8.91. The van der Waals surface area contributed by atoms with Gasteiger partial charge in [0.2, 0.25) is 0 Å². The van der Waals surface area contributed by atoms with Gasteiger partial charge < -0.3 is 10.2 Å². The van der Waals surface area contributed by atoms with Gasteiger partial charge in [0.15, 0.2) is 15.0 Å². The van der Waals surface area contributed by atoms with E-state index in [2.05, 4.69) is 29.0 Å². The maximum Gasteiger partial charge on any atom is 0.185 e. The fourth-order valence-corrected chi connectivity index (χ4v) is 4.21. The largest absolute Gasteiger partial charge is 0.349 e. The summed E-state index contributed by atoms with van der Waals surface area (Å²) in [5, 5.41) is 5.54. The second kappa shape index (κ2) is 6.02. The molecule has 0 aromatic carbocycles. The highest BCUT2D eigenvalue weighted by Gasteiger charge is 2.21. The lowest BCUT2D eigenvalue weighted by atomic mass is 10.3. The Morgan fingerprint density at radius 1 is 1.47 bits per heavy atom. The second-order valence-corrected chi connectivity index (χ2v) is 7.45. The van der Waals surface area contributed by atoms with Gasteiger partial charge in [-0.15, -0.1) is 11.3 Å². The third-order valence-corrected chi connectivity index (χ3v) is 5.50. The van der Waals surface area contributed by atoms with E-state index in [-0.39, 0.29) is 11.8 Å². The van der Waals surface area contributed by atoms with Crippen molar-refractivity contribution in [3.8, 4) is 0 Å². The monoisotopic (exact) mass is 301 g/mol. The van der Waals surface area contributed by atoms with Gasteiger partial charge >= 0.3 is 0 Å². The Labute approximate surface area is 118 Å². The zero-order valence-corrected chi connectivity index (χ0v) is 12.8. The highest BCUT2D eigenvalue weighted by molar-refractivity contribution is 7.94. The van der Waals surface area contributed by atoms with E-state index in [1.807, 2.05) is 6.20 Å². The van der Waals surface area contributed by atoms with E-state index >= 15 is 0 Å². The van der Waals surface area contributed by atoms with Crippen LogP contribution in [0.5, 0.6) is 0 Å². The Bertz CT molecular complexity index is 547. The van der Waals surface area contributed by atoms with Crippen molar-refractivity contribution in [2.24, 2.45) is 0 Å². The Kier molecular flexibility index (Phi) is 4.59. The molecule has 1 N–H and O–H groups in total. The molecule has 106 valence electrons. The molecular formula is C12H19N3O2S2. The average molecular weight is 301 g/mol.